The Morgan fingerprint density at radius 2 is 1.33 bits per heavy atom. The van der Waals surface area contributed by atoms with E-state index in [9.17, 15) is 9.59 Å². The normalized spacial score (nSPS) is 12.9. The van der Waals surface area contributed by atoms with Crippen molar-refractivity contribution in [1.82, 2.24) is 4.90 Å². The second-order valence-electron chi connectivity index (χ2n) is 5.81. The van der Waals surface area contributed by atoms with E-state index >= 15 is 0 Å². The van der Waals surface area contributed by atoms with Gasteiger partial charge in [-0.05, 0) is 65.4 Å². The smallest absolute Gasteiger partial charge is 0.261 e. The number of imide groups is 1. The number of nitrogens with two attached hydrogens (primary N) is 1. The fraction of sp³-hybridized carbons (Fsp3) is 0.429. The number of unbranched alkanes of at least 4 members (excludes halogenated alkanes) is 4. The Hall–Kier alpha value is -0.740. The van der Waals surface area contributed by atoms with E-state index in [1.54, 1.807) is 24.3 Å². The molecule has 0 saturated heterocycles. The molecule has 0 bridgehead atoms. The number of rotatable bonds is 9. The van der Waals surface area contributed by atoms with E-state index in [2.05, 4.69) is 57.3 Å². The van der Waals surface area contributed by atoms with Crippen molar-refractivity contribution in [3.05, 3.63) is 55.7 Å². The minimum Gasteiger partial charge on any atom is -0.330 e. The summed E-state index contributed by atoms with van der Waals surface area (Å²) in [6.45, 7) is 1.34. The predicted octanol–water partition coefficient (Wildman–Crippen LogP) is 6.10. The Balaban J connectivity index is 0.000000645. The Labute approximate surface area is 190 Å². The maximum atomic E-state index is 12.0. The van der Waals surface area contributed by atoms with Gasteiger partial charge in [-0.1, -0.05) is 76.9 Å². The van der Waals surface area contributed by atoms with Crippen molar-refractivity contribution >= 4 is 57.0 Å². The number of hydrogen-bond acceptors (Lipinski definition) is 3. The fourth-order valence-corrected chi connectivity index (χ4v) is 3.23. The molecule has 1 heterocycles. The van der Waals surface area contributed by atoms with Crippen molar-refractivity contribution in [3.63, 3.8) is 0 Å². The summed E-state index contributed by atoms with van der Waals surface area (Å²) in [5.74, 6) is -0.305. The average molecular weight is 596 g/mol. The third-order valence-corrected chi connectivity index (χ3v) is 4.90. The van der Waals surface area contributed by atoms with Gasteiger partial charge >= 0.3 is 0 Å². The zero-order valence-electron chi connectivity index (χ0n) is 14.9. The van der Waals surface area contributed by atoms with Crippen LogP contribution >= 0.6 is 45.2 Å². The SMILES string of the molecule is C.NCCCC/C=C\I.O=C1c2ccccc2C(=O)N1CCCC/C=C\I. The van der Waals surface area contributed by atoms with Gasteiger partial charge in [0.15, 0.2) is 0 Å². The molecule has 27 heavy (non-hydrogen) atoms. The van der Waals surface area contributed by atoms with Crippen LogP contribution < -0.4 is 5.73 Å². The number of allylic oxidation sites excluding steroid dienone is 2. The number of carbonyl (C=O) groups excluding carboxylic acids is 2. The summed E-state index contributed by atoms with van der Waals surface area (Å²) >= 11 is 4.41. The summed E-state index contributed by atoms with van der Waals surface area (Å²) in [5, 5.41) is 0. The minimum absolute atomic E-state index is 0. The van der Waals surface area contributed by atoms with Gasteiger partial charge in [-0.15, -0.1) is 0 Å². The molecule has 4 nitrogen and oxygen atoms in total. The Morgan fingerprint density at radius 1 is 0.852 bits per heavy atom. The Morgan fingerprint density at radius 3 is 1.78 bits per heavy atom. The second kappa shape index (κ2) is 16.2. The molecular formula is C21H30I2N2O2. The molecule has 0 radical (unpaired) electrons. The third kappa shape index (κ3) is 9.34. The molecule has 0 spiro atoms. The van der Waals surface area contributed by atoms with Gasteiger partial charge in [0.25, 0.3) is 11.8 Å². The van der Waals surface area contributed by atoms with E-state index in [1.165, 1.54) is 17.7 Å². The Kier molecular flexibility index (Phi) is 15.8. The van der Waals surface area contributed by atoms with Gasteiger partial charge in [0.1, 0.15) is 0 Å². The Bertz CT molecular complexity index is 595. The van der Waals surface area contributed by atoms with Crippen LogP contribution in [0.1, 0.15) is 66.7 Å². The highest BCUT2D eigenvalue weighted by molar-refractivity contribution is 14.1. The lowest BCUT2D eigenvalue weighted by atomic mass is 10.1. The van der Waals surface area contributed by atoms with Gasteiger partial charge < -0.3 is 5.73 Å². The van der Waals surface area contributed by atoms with Crippen LogP contribution in [0.4, 0.5) is 0 Å². The van der Waals surface area contributed by atoms with Crippen molar-refractivity contribution in [3.8, 4) is 0 Å². The second-order valence-corrected chi connectivity index (χ2v) is 7.25. The van der Waals surface area contributed by atoms with Crippen LogP contribution in [-0.4, -0.2) is 29.8 Å². The molecular weight excluding hydrogens is 566 g/mol. The van der Waals surface area contributed by atoms with Crippen LogP contribution in [0.15, 0.2) is 44.6 Å². The predicted molar refractivity (Wildman–Crippen MR) is 132 cm³/mol. The van der Waals surface area contributed by atoms with Gasteiger partial charge in [-0.3, -0.25) is 14.5 Å². The first-order chi connectivity index (χ1) is 12.7. The topological polar surface area (TPSA) is 63.4 Å². The monoisotopic (exact) mass is 596 g/mol. The molecule has 0 saturated carbocycles. The zero-order valence-corrected chi connectivity index (χ0v) is 19.2. The quantitative estimate of drug-likeness (QED) is 0.213. The van der Waals surface area contributed by atoms with Crippen molar-refractivity contribution in [1.29, 1.82) is 0 Å². The zero-order chi connectivity index (χ0) is 19.2. The lowest BCUT2D eigenvalue weighted by Crippen LogP contribution is -2.30. The molecule has 6 heteroatoms. The maximum Gasteiger partial charge on any atom is 0.261 e. The van der Waals surface area contributed by atoms with E-state index in [0.717, 1.165) is 32.2 Å². The molecule has 0 aromatic heterocycles. The van der Waals surface area contributed by atoms with Crippen LogP contribution in [0, 0.1) is 0 Å². The summed E-state index contributed by atoms with van der Waals surface area (Å²) in [7, 11) is 0. The molecule has 1 aromatic rings. The molecule has 1 aliphatic heterocycles. The molecule has 2 rings (SSSR count). The van der Waals surface area contributed by atoms with Crippen molar-refractivity contribution in [2.24, 2.45) is 5.73 Å². The standard InChI is InChI=1S/C14H14INO2.C6H12IN.CH4/c15-9-5-1-2-6-10-16-13(17)11-7-3-4-8-12(11)14(16)18;7-5-3-1-2-4-6-8;/h3-5,7-9H,1-2,6,10H2;3,5H,1-2,4,6,8H2;1H4/b9-5-;5-3-;. The first-order valence-corrected chi connectivity index (χ1v) is 11.3. The fourth-order valence-electron chi connectivity index (χ4n) is 2.51. The number of fused-ring (bicyclic) bond motifs is 1. The van der Waals surface area contributed by atoms with Crippen LogP contribution in [-0.2, 0) is 0 Å². The van der Waals surface area contributed by atoms with Gasteiger partial charge in [0, 0.05) is 6.54 Å². The molecule has 0 unspecified atom stereocenters. The van der Waals surface area contributed by atoms with Gasteiger partial charge in [0.2, 0.25) is 0 Å². The molecule has 150 valence electrons. The van der Waals surface area contributed by atoms with E-state index < -0.39 is 0 Å². The highest BCUT2D eigenvalue weighted by Gasteiger charge is 2.34. The average Bonchev–Trinajstić information content (AvgIpc) is 2.91. The molecule has 0 fully saturated rings. The molecule has 1 aliphatic rings. The third-order valence-electron chi connectivity index (χ3n) is 3.88. The molecule has 0 atom stereocenters. The summed E-state index contributed by atoms with van der Waals surface area (Å²) in [6, 6.07) is 7.01. The van der Waals surface area contributed by atoms with Crippen LogP contribution in [0.5, 0.6) is 0 Å². The number of halogens is 2. The van der Waals surface area contributed by atoms with E-state index in [0.29, 0.717) is 17.7 Å². The number of hydrogen-bond donors (Lipinski definition) is 1. The lowest BCUT2D eigenvalue weighted by Gasteiger charge is -2.12. The first-order valence-electron chi connectivity index (χ1n) is 8.83. The molecule has 2 amide bonds. The number of benzene rings is 1. The van der Waals surface area contributed by atoms with Gasteiger partial charge in [-0.25, -0.2) is 0 Å². The van der Waals surface area contributed by atoms with Gasteiger partial charge in [-0.2, -0.15) is 0 Å². The maximum absolute atomic E-state index is 12.0. The van der Waals surface area contributed by atoms with E-state index in [-0.39, 0.29) is 19.2 Å². The largest absolute Gasteiger partial charge is 0.330 e. The van der Waals surface area contributed by atoms with Gasteiger partial charge in [0.05, 0.1) is 11.1 Å². The number of amides is 2. The van der Waals surface area contributed by atoms with Crippen LogP contribution in [0.2, 0.25) is 0 Å². The van der Waals surface area contributed by atoms with Crippen LogP contribution in [0.3, 0.4) is 0 Å². The van der Waals surface area contributed by atoms with Crippen molar-refractivity contribution in [2.75, 3.05) is 13.1 Å². The highest BCUT2D eigenvalue weighted by Crippen LogP contribution is 2.22. The molecule has 0 aliphatic carbocycles. The minimum atomic E-state index is -0.153. The first kappa shape index (κ1) is 26.3. The summed E-state index contributed by atoms with van der Waals surface area (Å²) in [5.41, 5.74) is 6.36. The van der Waals surface area contributed by atoms with E-state index in [1.807, 2.05) is 8.17 Å². The molecule has 1 aromatic carbocycles. The number of carbonyl (C=O) groups is 2. The summed E-state index contributed by atoms with van der Waals surface area (Å²) in [4.78, 5) is 25.4. The highest BCUT2D eigenvalue weighted by atomic mass is 127. The summed E-state index contributed by atoms with van der Waals surface area (Å²) < 4.78 is 4.04. The summed E-state index contributed by atoms with van der Waals surface area (Å²) in [6.07, 6.45) is 10.7. The lowest BCUT2D eigenvalue weighted by molar-refractivity contribution is 0.0652. The van der Waals surface area contributed by atoms with Crippen molar-refractivity contribution in [2.45, 2.75) is 46.0 Å². The van der Waals surface area contributed by atoms with E-state index in [4.69, 9.17) is 5.73 Å². The number of nitrogens with zero attached hydrogens (tertiary/aromatic N) is 1. The molecule has 2 N–H and O–H groups in total. The van der Waals surface area contributed by atoms with Crippen LogP contribution in [0.25, 0.3) is 0 Å². The van der Waals surface area contributed by atoms with Crippen molar-refractivity contribution < 1.29 is 9.59 Å².